The van der Waals surface area contributed by atoms with Gasteiger partial charge in [-0.2, -0.15) is 0 Å². The van der Waals surface area contributed by atoms with Crippen LogP contribution in [0.1, 0.15) is 23.1 Å². The average Bonchev–Trinajstić information content (AvgIpc) is 3.04. The van der Waals surface area contributed by atoms with Crippen molar-refractivity contribution in [3.05, 3.63) is 89.5 Å². The van der Waals surface area contributed by atoms with Gasteiger partial charge in [0, 0.05) is 18.2 Å². The fourth-order valence-corrected chi connectivity index (χ4v) is 3.28. The van der Waals surface area contributed by atoms with Crippen molar-refractivity contribution in [2.45, 2.75) is 26.2 Å². The fourth-order valence-electron chi connectivity index (χ4n) is 3.28. The Hall–Kier alpha value is -3.51. The number of aliphatic imine (C=N–C) groups is 1. The van der Waals surface area contributed by atoms with Crippen molar-refractivity contribution < 1.29 is 14.2 Å². The Morgan fingerprint density at radius 3 is 2.45 bits per heavy atom. The first-order valence-corrected chi connectivity index (χ1v) is 10.4. The number of hydrogen-bond donors (Lipinski definition) is 2. The molecule has 6 nitrogen and oxygen atoms in total. The van der Waals surface area contributed by atoms with Crippen LogP contribution in [0.25, 0.3) is 0 Å². The highest BCUT2D eigenvalue weighted by Crippen LogP contribution is 2.32. The van der Waals surface area contributed by atoms with Crippen molar-refractivity contribution in [3.63, 3.8) is 0 Å². The number of nitrogens with zero attached hydrogens (tertiary/aromatic N) is 1. The van der Waals surface area contributed by atoms with Crippen LogP contribution in [-0.2, 0) is 24.5 Å². The van der Waals surface area contributed by atoms with Crippen LogP contribution >= 0.6 is 0 Å². The van der Waals surface area contributed by atoms with Crippen molar-refractivity contribution >= 4 is 11.6 Å². The van der Waals surface area contributed by atoms with Gasteiger partial charge in [-0.1, -0.05) is 54.6 Å². The Balaban J connectivity index is 1.30. The van der Waals surface area contributed by atoms with Gasteiger partial charge in [0.2, 0.25) is 0 Å². The van der Waals surface area contributed by atoms with Gasteiger partial charge >= 0.3 is 0 Å². The second-order valence-corrected chi connectivity index (χ2v) is 7.34. The largest absolute Gasteiger partial charge is 0.490 e. The molecule has 31 heavy (non-hydrogen) atoms. The molecule has 0 atom stereocenters. The Morgan fingerprint density at radius 1 is 0.839 bits per heavy atom. The van der Waals surface area contributed by atoms with E-state index in [0.717, 1.165) is 40.3 Å². The third-order valence-corrected chi connectivity index (χ3v) is 4.82. The zero-order chi connectivity index (χ0) is 21.3. The normalized spacial score (nSPS) is 13.5. The number of anilines is 1. The summed E-state index contributed by atoms with van der Waals surface area (Å²) < 4.78 is 17.2. The summed E-state index contributed by atoms with van der Waals surface area (Å²) in [5.74, 6) is 1.82. The van der Waals surface area contributed by atoms with E-state index in [1.165, 1.54) is 0 Å². The molecule has 0 fully saturated rings. The number of guanidine groups is 1. The first-order chi connectivity index (χ1) is 15.3. The van der Waals surface area contributed by atoms with Gasteiger partial charge in [0.05, 0.1) is 33.0 Å². The van der Waals surface area contributed by atoms with Crippen LogP contribution < -0.4 is 20.5 Å². The van der Waals surface area contributed by atoms with Crippen molar-refractivity contribution in [3.8, 4) is 11.5 Å². The minimum atomic E-state index is 0.347. The molecule has 0 aromatic heterocycles. The monoisotopic (exact) mass is 417 g/mol. The van der Waals surface area contributed by atoms with Gasteiger partial charge in [0.25, 0.3) is 0 Å². The molecule has 0 saturated heterocycles. The Morgan fingerprint density at radius 2 is 1.58 bits per heavy atom. The summed E-state index contributed by atoms with van der Waals surface area (Å²) in [7, 11) is 0. The minimum absolute atomic E-state index is 0.347. The van der Waals surface area contributed by atoms with E-state index in [1.54, 1.807) is 0 Å². The van der Waals surface area contributed by atoms with Gasteiger partial charge < -0.3 is 25.3 Å². The predicted molar refractivity (Wildman–Crippen MR) is 122 cm³/mol. The summed E-state index contributed by atoms with van der Waals surface area (Å²) in [6.07, 6.45) is 0.872. The highest BCUT2D eigenvalue weighted by molar-refractivity contribution is 5.92. The van der Waals surface area contributed by atoms with Crippen LogP contribution in [0.2, 0.25) is 0 Å². The maximum absolute atomic E-state index is 6.09. The number of nitrogens with one attached hydrogen (secondary N) is 1. The number of fused-ring (bicyclic) bond motifs is 1. The zero-order valence-corrected chi connectivity index (χ0v) is 17.4. The molecule has 0 unspecified atom stereocenters. The number of benzene rings is 3. The standard InChI is InChI=1S/C25H27N3O3/c26-25(28-22-10-11-23-24(15-22)31-13-5-12-30-23)27-16-20-8-4-9-21(14-20)18-29-17-19-6-2-1-3-7-19/h1-4,6-11,14-15H,5,12-13,16-18H2,(H3,26,27,28). The molecule has 0 bridgehead atoms. The molecule has 1 aliphatic heterocycles. The third-order valence-electron chi connectivity index (χ3n) is 4.82. The second-order valence-electron chi connectivity index (χ2n) is 7.34. The molecule has 1 aliphatic rings. The lowest BCUT2D eigenvalue weighted by Crippen LogP contribution is -2.22. The molecule has 0 aliphatic carbocycles. The lowest BCUT2D eigenvalue weighted by molar-refractivity contribution is 0.107. The second kappa shape index (κ2) is 10.5. The fraction of sp³-hybridized carbons (Fsp3) is 0.240. The maximum atomic E-state index is 6.09. The van der Waals surface area contributed by atoms with Gasteiger partial charge in [-0.25, -0.2) is 4.99 Å². The van der Waals surface area contributed by atoms with Crippen LogP contribution in [-0.4, -0.2) is 19.2 Å². The zero-order valence-electron chi connectivity index (χ0n) is 17.4. The van der Waals surface area contributed by atoms with E-state index < -0.39 is 0 Å². The average molecular weight is 418 g/mol. The molecule has 160 valence electrons. The number of nitrogens with two attached hydrogens (primary N) is 1. The van der Waals surface area contributed by atoms with E-state index in [0.29, 0.717) is 38.9 Å². The molecule has 1 heterocycles. The Kier molecular flexibility index (Phi) is 7.03. The molecular formula is C25H27N3O3. The molecule has 0 radical (unpaired) electrons. The highest BCUT2D eigenvalue weighted by Gasteiger charge is 2.10. The summed E-state index contributed by atoms with van der Waals surface area (Å²) in [5.41, 5.74) is 10.2. The van der Waals surface area contributed by atoms with Crippen molar-refractivity contribution in [2.24, 2.45) is 10.7 Å². The van der Waals surface area contributed by atoms with Crippen LogP contribution in [0.15, 0.2) is 77.8 Å². The summed E-state index contributed by atoms with van der Waals surface area (Å²) in [6.45, 7) is 2.94. The molecule has 0 saturated carbocycles. The Bertz CT molecular complexity index is 1020. The van der Waals surface area contributed by atoms with E-state index in [4.69, 9.17) is 19.9 Å². The number of ether oxygens (including phenoxy) is 3. The summed E-state index contributed by atoms with van der Waals surface area (Å²) in [5, 5.41) is 3.12. The van der Waals surface area contributed by atoms with E-state index in [1.807, 2.05) is 48.5 Å². The first kappa shape index (κ1) is 20.8. The van der Waals surface area contributed by atoms with Gasteiger partial charge in [0.1, 0.15) is 0 Å². The smallest absolute Gasteiger partial charge is 0.193 e. The van der Waals surface area contributed by atoms with Crippen molar-refractivity contribution in [2.75, 3.05) is 18.5 Å². The van der Waals surface area contributed by atoms with Crippen molar-refractivity contribution in [1.29, 1.82) is 0 Å². The minimum Gasteiger partial charge on any atom is -0.490 e. The van der Waals surface area contributed by atoms with E-state index in [9.17, 15) is 0 Å². The van der Waals surface area contributed by atoms with Crippen LogP contribution in [0, 0.1) is 0 Å². The SMILES string of the molecule is NC(=NCc1cccc(COCc2ccccc2)c1)Nc1ccc2c(c1)OCCCO2. The Labute approximate surface area is 182 Å². The number of hydrogen-bond acceptors (Lipinski definition) is 4. The van der Waals surface area contributed by atoms with Crippen LogP contribution in [0.3, 0.4) is 0 Å². The van der Waals surface area contributed by atoms with E-state index in [2.05, 4.69) is 34.6 Å². The van der Waals surface area contributed by atoms with Gasteiger partial charge in [-0.3, -0.25) is 0 Å². The van der Waals surface area contributed by atoms with Crippen LogP contribution in [0.5, 0.6) is 11.5 Å². The quantitative estimate of drug-likeness (QED) is 0.437. The molecule has 0 amide bonds. The van der Waals surface area contributed by atoms with Gasteiger partial charge in [-0.05, 0) is 28.8 Å². The van der Waals surface area contributed by atoms with Crippen molar-refractivity contribution in [1.82, 2.24) is 0 Å². The van der Waals surface area contributed by atoms with Gasteiger partial charge in [-0.15, -0.1) is 0 Å². The molecule has 3 aromatic rings. The molecule has 3 aromatic carbocycles. The van der Waals surface area contributed by atoms with E-state index >= 15 is 0 Å². The third kappa shape index (κ3) is 6.23. The predicted octanol–water partition coefficient (Wildman–Crippen LogP) is 4.49. The van der Waals surface area contributed by atoms with E-state index in [-0.39, 0.29) is 0 Å². The molecular weight excluding hydrogens is 390 g/mol. The highest BCUT2D eigenvalue weighted by atomic mass is 16.5. The van der Waals surface area contributed by atoms with Gasteiger partial charge in [0.15, 0.2) is 17.5 Å². The molecule has 3 N–H and O–H groups in total. The molecule has 0 spiro atoms. The molecule has 6 heteroatoms. The summed E-state index contributed by atoms with van der Waals surface area (Å²) in [4.78, 5) is 4.46. The number of rotatable bonds is 7. The topological polar surface area (TPSA) is 78.1 Å². The first-order valence-electron chi connectivity index (χ1n) is 10.4. The lowest BCUT2D eigenvalue weighted by atomic mass is 10.1. The maximum Gasteiger partial charge on any atom is 0.193 e. The van der Waals surface area contributed by atoms with Crippen LogP contribution in [0.4, 0.5) is 5.69 Å². The summed E-state index contributed by atoms with van der Waals surface area (Å²) >= 11 is 0. The summed E-state index contributed by atoms with van der Waals surface area (Å²) in [6, 6.07) is 24.0. The lowest BCUT2D eigenvalue weighted by Gasteiger charge is -2.11. The molecule has 4 rings (SSSR count).